The van der Waals surface area contributed by atoms with E-state index in [2.05, 4.69) is 36.0 Å². The van der Waals surface area contributed by atoms with Crippen LogP contribution in [0.15, 0.2) is 24.3 Å². The third-order valence-corrected chi connectivity index (χ3v) is 4.72. The van der Waals surface area contributed by atoms with Crippen molar-refractivity contribution in [3.63, 3.8) is 0 Å². The number of likely N-dealkylation sites (N-methyl/N-ethyl adjacent to an activating group) is 2. The molecule has 1 atom stereocenters. The number of benzene rings is 1. The summed E-state index contributed by atoms with van der Waals surface area (Å²) in [4.78, 5) is 18.4. The zero-order chi connectivity index (χ0) is 18.4. The number of piperazine rings is 1. The molecule has 0 aliphatic carbocycles. The lowest BCUT2D eigenvalue weighted by atomic mass is 10.0. The van der Waals surface area contributed by atoms with Crippen LogP contribution in [0.25, 0.3) is 0 Å². The molecular weight excluding hydrogens is 316 g/mol. The number of hydrogen-bond acceptors (Lipinski definition) is 4. The summed E-state index contributed by atoms with van der Waals surface area (Å²) in [7, 11) is 3.82. The molecule has 1 aliphatic rings. The van der Waals surface area contributed by atoms with E-state index < -0.39 is 6.10 Å². The van der Waals surface area contributed by atoms with Crippen LogP contribution < -0.4 is 5.32 Å². The SMILES string of the molecule is CC(C)c1ccc(NC(=O)N(C)CC(O)CN2CCN(C)CC2)cc1. The third-order valence-electron chi connectivity index (χ3n) is 4.72. The highest BCUT2D eigenvalue weighted by molar-refractivity contribution is 5.89. The number of nitrogens with one attached hydrogen (secondary N) is 1. The van der Waals surface area contributed by atoms with Gasteiger partial charge in [-0.1, -0.05) is 26.0 Å². The van der Waals surface area contributed by atoms with Gasteiger partial charge in [-0.3, -0.25) is 4.90 Å². The Morgan fingerprint density at radius 2 is 1.80 bits per heavy atom. The predicted octanol–water partition coefficient (Wildman–Crippen LogP) is 1.88. The molecule has 1 aromatic rings. The maximum absolute atomic E-state index is 12.3. The molecule has 0 bridgehead atoms. The minimum atomic E-state index is -0.539. The van der Waals surface area contributed by atoms with Crippen LogP contribution in [0.3, 0.4) is 0 Å². The van der Waals surface area contributed by atoms with E-state index in [0.29, 0.717) is 19.0 Å². The lowest BCUT2D eigenvalue weighted by Crippen LogP contribution is -2.49. The Kier molecular flexibility index (Phi) is 7.23. The number of amides is 2. The van der Waals surface area contributed by atoms with Gasteiger partial charge in [0.05, 0.1) is 6.10 Å². The van der Waals surface area contributed by atoms with Crippen LogP contribution in [-0.4, -0.2) is 85.3 Å². The van der Waals surface area contributed by atoms with Crippen LogP contribution in [0.2, 0.25) is 0 Å². The molecule has 140 valence electrons. The van der Waals surface area contributed by atoms with Gasteiger partial charge in [-0.2, -0.15) is 0 Å². The molecule has 6 heteroatoms. The summed E-state index contributed by atoms with van der Waals surface area (Å²) in [5, 5.41) is 13.2. The number of aliphatic hydroxyl groups is 1. The first-order valence-corrected chi connectivity index (χ1v) is 9.06. The minimum absolute atomic E-state index is 0.199. The maximum Gasteiger partial charge on any atom is 0.321 e. The molecule has 0 saturated carbocycles. The Bertz CT molecular complexity index is 539. The highest BCUT2D eigenvalue weighted by Crippen LogP contribution is 2.17. The predicted molar refractivity (Wildman–Crippen MR) is 102 cm³/mol. The monoisotopic (exact) mass is 348 g/mol. The Hall–Kier alpha value is -1.63. The highest BCUT2D eigenvalue weighted by atomic mass is 16.3. The number of urea groups is 1. The number of anilines is 1. The Balaban J connectivity index is 1.77. The molecule has 1 fully saturated rings. The smallest absolute Gasteiger partial charge is 0.321 e. The van der Waals surface area contributed by atoms with Gasteiger partial charge in [-0.25, -0.2) is 4.79 Å². The van der Waals surface area contributed by atoms with Crippen molar-refractivity contribution in [2.75, 3.05) is 58.7 Å². The molecule has 2 N–H and O–H groups in total. The third kappa shape index (κ3) is 6.30. The largest absolute Gasteiger partial charge is 0.390 e. The summed E-state index contributed by atoms with van der Waals surface area (Å²) < 4.78 is 0. The second-order valence-electron chi connectivity index (χ2n) is 7.35. The molecule has 25 heavy (non-hydrogen) atoms. The lowest BCUT2D eigenvalue weighted by molar-refractivity contribution is 0.0670. The fourth-order valence-electron chi connectivity index (χ4n) is 2.96. The van der Waals surface area contributed by atoms with Crippen molar-refractivity contribution in [1.29, 1.82) is 0 Å². The van der Waals surface area contributed by atoms with E-state index in [-0.39, 0.29) is 6.03 Å². The van der Waals surface area contributed by atoms with E-state index in [0.717, 1.165) is 31.9 Å². The summed E-state index contributed by atoms with van der Waals surface area (Å²) in [5.41, 5.74) is 2.02. The van der Waals surface area contributed by atoms with Gasteiger partial charge in [0.15, 0.2) is 0 Å². The number of hydrogen-bond donors (Lipinski definition) is 2. The summed E-state index contributed by atoms with van der Waals surface area (Å²) in [6, 6.07) is 7.70. The Morgan fingerprint density at radius 1 is 1.20 bits per heavy atom. The summed E-state index contributed by atoms with van der Waals surface area (Å²) in [6.07, 6.45) is -0.539. The van der Waals surface area contributed by atoms with Crippen LogP contribution in [0, 0.1) is 0 Å². The Labute approximate surface area is 151 Å². The molecule has 2 amide bonds. The van der Waals surface area contributed by atoms with Crippen molar-refractivity contribution in [3.05, 3.63) is 29.8 Å². The second kappa shape index (κ2) is 9.17. The number of rotatable bonds is 6. The van der Waals surface area contributed by atoms with E-state index >= 15 is 0 Å². The van der Waals surface area contributed by atoms with Crippen molar-refractivity contribution in [2.45, 2.75) is 25.9 Å². The van der Waals surface area contributed by atoms with Crippen LogP contribution in [0.1, 0.15) is 25.3 Å². The molecule has 0 spiro atoms. The summed E-state index contributed by atoms with van der Waals surface area (Å²) in [6.45, 7) is 9.19. The number of carbonyl (C=O) groups excluding carboxylic acids is 1. The molecule has 6 nitrogen and oxygen atoms in total. The number of aliphatic hydroxyl groups excluding tert-OH is 1. The van der Waals surface area contributed by atoms with Crippen molar-refractivity contribution in [3.8, 4) is 0 Å². The number of β-amino-alcohol motifs (C(OH)–C–C–N with tert-alkyl or cyclic N) is 1. The molecule has 1 saturated heterocycles. The molecule has 1 unspecified atom stereocenters. The van der Waals surface area contributed by atoms with Gasteiger partial charge in [0.2, 0.25) is 0 Å². The topological polar surface area (TPSA) is 59.1 Å². The highest BCUT2D eigenvalue weighted by Gasteiger charge is 2.19. The molecule has 1 aliphatic heterocycles. The standard InChI is InChI=1S/C19H32N4O2/c1-15(2)16-5-7-17(8-6-16)20-19(25)22(4)13-18(24)14-23-11-9-21(3)10-12-23/h5-8,15,18,24H,9-14H2,1-4H3,(H,20,25). The summed E-state index contributed by atoms with van der Waals surface area (Å²) in [5.74, 6) is 0.470. The second-order valence-corrected chi connectivity index (χ2v) is 7.35. The molecule has 1 aromatic carbocycles. The normalized spacial score (nSPS) is 17.5. The molecule has 1 heterocycles. The fourth-order valence-corrected chi connectivity index (χ4v) is 2.96. The van der Waals surface area contributed by atoms with E-state index in [4.69, 9.17) is 0 Å². The quantitative estimate of drug-likeness (QED) is 0.824. The molecule has 2 rings (SSSR count). The first-order chi connectivity index (χ1) is 11.8. The van der Waals surface area contributed by atoms with Gasteiger partial charge in [0.1, 0.15) is 0 Å². The first kappa shape index (κ1) is 19.7. The van der Waals surface area contributed by atoms with Crippen LogP contribution >= 0.6 is 0 Å². The van der Waals surface area contributed by atoms with E-state index in [9.17, 15) is 9.90 Å². The minimum Gasteiger partial charge on any atom is -0.390 e. The van der Waals surface area contributed by atoms with Gasteiger partial charge < -0.3 is 20.2 Å². The fraction of sp³-hybridized carbons (Fsp3) is 0.632. The number of carbonyl (C=O) groups is 1. The van der Waals surface area contributed by atoms with Crippen molar-refractivity contribution < 1.29 is 9.90 Å². The van der Waals surface area contributed by atoms with E-state index in [1.54, 1.807) is 7.05 Å². The first-order valence-electron chi connectivity index (χ1n) is 9.06. The van der Waals surface area contributed by atoms with Crippen LogP contribution in [0.4, 0.5) is 10.5 Å². The van der Waals surface area contributed by atoms with Gasteiger partial charge in [-0.05, 0) is 30.7 Å². The van der Waals surface area contributed by atoms with Crippen LogP contribution in [0.5, 0.6) is 0 Å². The molecule has 0 aromatic heterocycles. The van der Waals surface area contributed by atoms with Gasteiger partial charge >= 0.3 is 6.03 Å². The van der Waals surface area contributed by atoms with Crippen molar-refractivity contribution >= 4 is 11.7 Å². The van der Waals surface area contributed by atoms with E-state index in [1.807, 2.05) is 24.3 Å². The summed E-state index contributed by atoms with van der Waals surface area (Å²) >= 11 is 0. The molecule has 0 radical (unpaired) electrons. The van der Waals surface area contributed by atoms with Gasteiger partial charge in [0.25, 0.3) is 0 Å². The molecular formula is C19H32N4O2. The van der Waals surface area contributed by atoms with Crippen LogP contribution in [-0.2, 0) is 0 Å². The average molecular weight is 348 g/mol. The Morgan fingerprint density at radius 3 is 2.36 bits per heavy atom. The maximum atomic E-state index is 12.3. The van der Waals surface area contributed by atoms with Crippen molar-refractivity contribution in [1.82, 2.24) is 14.7 Å². The lowest BCUT2D eigenvalue weighted by Gasteiger charge is -2.34. The average Bonchev–Trinajstić information content (AvgIpc) is 2.57. The zero-order valence-corrected chi connectivity index (χ0v) is 15.9. The van der Waals surface area contributed by atoms with E-state index in [1.165, 1.54) is 10.5 Å². The zero-order valence-electron chi connectivity index (χ0n) is 15.9. The number of nitrogens with zero attached hydrogens (tertiary/aromatic N) is 3. The van der Waals surface area contributed by atoms with Gasteiger partial charge in [0, 0.05) is 52.0 Å². The van der Waals surface area contributed by atoms with Gasteiger partial charge in [-0.15, -0.1) is 0 Å². The van der Waals surface area contributed by atoms with Crippen molar-refractivity contribution in [2.24, 2.45) is 0 Å².